The van der Waals surface area contributed by atoms with Gasteiger partial charge in [-0.3, -0.25) is 0 Å². The standard InChI is InChI=1S/C14H16N2OS/c17-13-6-5-9-7-16(8-11(9)13)14-10-3-1-2-4-12(10)15-18-14/h1-4,9,11,13,17H,5-8H2. The van der Waals surface area contributed by atoms with Crippen LogP contribution < -0.4 is 4.90 Å². The van der Waals surface area contributed by atoms with Crippen molar-refractivity contribution < 1.29 is 5.11 Å². The van der Waals surface area contributed by atoms with Crippen molar-refractivity contribution in [2.75, 3.05) is 18.0 Å². The fourth-order valence-corrected chi connectivity index (χ4v) is 4.39. The molecule has 2 heterocycles. The summed E-state index contributed by atoms with van der Waals surface area (Å²) >= 11 is 1.59. The van der Waals surface area contributed by atoms with E-state index >= 15 is 0 Å². The molecule has 0 spiro atoms. The number of nitrogens with zero attached hydrogens (tertiary/aromatic N) is 2. The van der Waals surface area contributed by atoms with Crippen LogP contribution in [-0.4, -0.2) is 28.7 Å². The lowest BCUT2D eigenvalue weighted by molar-refractivity contribution is 0.134. The molecule has 1 aromatic carbocycles. The molecule has 4 rings (SSSR count). The summed E-state index contributed by atoms with van der Waals surface area (Å²) in [6.07, 6.45) is 2.09. The van der Waals surface area contributed by atoms with Crippen LogP contribution in [0.3, 0.4) is 0 Å². The quantitative estimate of drug-likeness (QED) is 0.856. The van der Waals surface area contributed by atoms with Crippen molar-refractivity contribution in [3.05, 3.63) is 24.3 Å². The largest absolute Gasteiger partial charge is 0.393 e. The summed E-state index contributed by atoms with van der Waals surface area (Å²) in [7, 11) is 0. The molecule has 1 aromatic heterocycles. The molecule has 3 atom stereocenters. The average Bonchev–Trinajstić information content (AvgIpc) is 3.05. The molecular formula is C14H16N2OS. The zero-order valence-electron chi connectivity index (χ0n) is 10.1. The zero-order valence-corrected chi connectivity index (χ0v) is 10.9. The van der Waals surface area contributed by atoms with E-state index in [0.29, 0.717) is 11.8 Å². The van der Waals surface area contributed by atoms with Crippen molar-refractivity contribution >= 4 is 27.4 Å². The predicted molar refractivity (Wildman–Crippen MR) is 74.1 cm³/mol. The highest BCUT2D eigenvalue weighted by Gasteiger charge is 2.42. The van der Waals surface area contributed by atoms with Gasteiger partial charge in [0.2, 0.25) is 0 Å². The van der Waals surface area contributed by atoms with Gasteiger partial charge in [0.1, 0.15) is 5.00 Å². The van der Waals surface area contributed by atoms with Crippen LogP contribution in [0.4, 0.5) is 5.00 Å². The molecule has 1 saturated carbocycles. The molecular weight excluding hydrogens is 244 g/mol. The van der Waals surface area contributed by atoms with Gasteiger partial charge in [-0.15, -0.1) is 0 Å². The van der Waals surface area contributed by atoms with Crippen molar-refractivity contribution in [2.45, 2.75) is 18.9 Å². The van der Waals surface area contributed by atoms with Gasteiger partial charge in [-0.2, -0.15) is 4.37 Å². The Morgan fingerprint density at radius 1 is 1.22 bits per heavy atom. The van der Waals surface area contributed by atoms with Crippen molar-refractivity contribution in [3.63, 3.8) is 0 Å². The lowest BCUT2D eigenvalue weighted by atomic mass is 10.00. The maximum Gasteiger partial charge on any atom is 0.119 e. The molecule has 0 amide bonds. The van der Waals surface area contributed by atoms with E-state index in [1.165, 1.54) is 16.8 Å². The average molecular weight is 260 g/mol. The van der Waals surface area contributed by atoms with E-state index in [1.54, 1.807) is 11.5 Å². The van der Waals surface area contributed by atoms with Crippen LogP contribution >= 0.6 is 11.5 Å². The maximum absolute atomic E-state index is 9.99. The van der Waals surface area contributed by atoms with E-state index in [-0.39, 0.29) is 6.10 Å². The Hall–Kier alpha value is -1.13. The first-order valence-electron chi connectivity index (χ1n) is 6.60. The van der Waals surface area contributed by atoms with Crippen molar-refractivity contribution in [1.29, 1.82) is 0 Å². The number of fused-ring (bicyclic) bond motifs is 2. The highest BCUT2D eigenvalue weighted by molar-refractivity contribution is 7.11. The summed E-state index contributed by atoms with van der Waals surface area (Å²) in [5.74, 6) is 1.16. The van der Waals surface area contributed by atoms with Crippen LogP contribution in [0, 0.1) is 11.8 Å². The minimum Gasteiger partial charge on any atom is -0.393 e. The van der Waals surface area contributed by atoms with E-state index in [1.807, 2.05) is 6.07 Å². The molecule has 1 aliphatic heterocycles. The molecule has 94 valence electrons. The summed E-state index contributed by atoms with van der Waals surface area (Å²) in [5.41, 5.74) is 1.09. The van der Waals surface area contributed by atoms with Crippen LogP contribution in [0.1, 0.15) is 12.8 Å². The lowest BCUT2D eigenvalue weighted by Gasteiger charge is -2.18. The first kappa shape index (κ1) is 10.8. The minimum absolute atomic E-state index is 0.0841. The third kappa shape index (κ3) is 1.49. The number of rotatable bonds is 1. The summed E-state index contributed by atoms with van der Waals surface area (Å²) < 4.78 is 4.51. The Morgan fingerprint density at radius 3 is 3.00 bits per heavy atom. The van der Waals surface area contributed by atoms with Gasteiger partial charge >= 0.3 is 0 Å². The normalized spacial score (nSPS) is 31.2. The summed E-state index contributed by atoms with van der Waals surface area (Å²) in [4.78, 5) is 2.43. The van der Waals surface area contributed by atoms with Gasteiger partial charge in [0, 0.05) is 24.4 Å². The third-order valence-corrected chi connectivity index (χ3v) is 5.41. The first-order valence-corrected chi connectivity index (χ1v) is 7.37. The van der Waals surface area contributed by atoms with Crippen LogP contribution in [0.5, 0.6) is 0 Å². The topological polar surface area (TPSA) is 36.4 Å². The molecule has 1 aliphatic carbocycles. The molecule has 0 bridgehead atoms. The maximum atomic E-state index is 9.99. The first-order chi connectivity index (χ1) is 8.83. The van der Waals surface area contributed by atoms with Gasteiger partial charge in [-0.1, -0.05) is 12.1 Å². The van der Waals surface area contributed by atoms with Gasteiger partial charge in [0.15, 0.2) is 0 Å². The second kappa shape index (κ2) is 3.93. The van der Waals surface area contributed by atoms with E-state index < -0.39 is 0 Å². The van der Waals surface area contributed by atoms with Gasteiger partial charge in [-0.05, 0) is 42.4 Å². The molecule has 3 unspecified atom stereocenters. The summed E-state index contributed by atoms with van der Waals surface area (Å²) in [6.45, 7) is 2.09. The van der Waals surface area contributed by atoms with Gasteiger partial charge in [0.25, 0.3) is 0 Å². The van der Waals surface area contributed by atoms with Gasteiger partial charge in [0.05, 0.1) is 11.6 Å². The van der Waals surface area contributed by atoms with E-state index in [9.17, 15) is 5.11 Å². The number of anilines is 1. The van der Waals surface area contributed by atoms with E-state index in [4.69, 9.17) is 0 Å². The smallest absolute Gasteiger partial charge is 0.119 e. The van der Waals surface area contributed by atoms with E-state index in [2.05, 4.69) is 27.5 Å². The monoisotopic (exact) mass is 260 g/mol. The molecule has 3 nitrogen and oxygen atoms in total. The molecule has 1 N–H and O–H groups in total. The van der Waals surface area contributed by atoms with Gasteiger partial charge in [-0.25, -0.2) is 0 Å². The molecule has 2 aromatic rings. The number of aromatic nitrogens is 1. The lowest BCUT2D eigenvalue weighted by Crippen LogP contribution is -2.23. The van der Waals surface area contributed by atoms with Crippen molar-refractivity contribution in [3.8, 4) is 0 Å². The Morgan fingerprint density at radius 2 is 2.11 bits per heavy atom. The highest BCUT2D eigenvalue weighted by Crippen LogP contribution is 2.42. The molecule has 0 radical (unpaired) electrons. The van der Waals surface area contributed by atoms with Gasteiger partial charge < -0.3 is 10.0 Å². The number of hydrogen-bond acceptors (Lipinski definition) is 4. The molecule has 2 aliphatic rings. The number of hydrogen-bond donors (Lipinski definition) is 1. The summed E-state index contributed by atoms with van der Waals surface area (Å²) in [5, 5.41) is 12.5. The zero-order chi connectivity index (χ0) is 12.1. The second-order valence-corrected chi connectivity index (χ2v) is 6.23. The van der Waals surface area contributed by atoms with Crippen molar-refractivity contribution in [2.24, 2.45) is 11.8 Å². The molecule has 18 heavy (non-hydrogen) atoms. The Balaban J connectivity index is 1.69. The number of aliphatic hydroxyl groups excluding tert-OH is 1. The second-order valence-electron chi connectivity index (χ2n) is 5.48. The van der Waals surface area contributed by atoms with Crippen molar-refractivity contribution in [1.82, 2.24) is 4.37 Å². The third-order valence-electron chi connectivity index (χ3n) is 4.47. The molecule has 4 heteroatoms. The van der Waals surface area contributed by atoms with Crippen LogP contribution in [-0.2, 0) is 0 Å². The fraction of sp³-hybridized carbons (Fsp3) is 0.500. The Labute approximate surface area is 110 Å². The SMILES string of the molecule is OC1CCC2CN(c3snc4ccccc34)CC12. The van der Waals surface area contributed by atoms with Crippen LogP contribution in [0.25, 0.3) is 10.9 Å². The van der Waals surface area contributed by atoms with E-state index in [0.717, 1.165) is 25.0 Å². The number of aliphatic hydroxyl groups is 1. The highest BCUT2D eigenvalue weighted by atomic mass is 32.1. The fourth-order valence-electron chi connectivity index (χ4n) is 3.51. The summed E-state index contributed by atoms with van der Waals surface area (Å²) in [6, 6.07) is 8.33. The minimum atomic E-state index is -0.0841. The molecule has 2 fully saturated rings. The van der Waals surface area contributed by atoms with Crippen LogP contribution in [0.2, 0.25) is 0 Å². The van der Waals surface area contributed by atoms with Crippen LogP contribution in [0.15, 0.2) is 24.3 Å². The Kier molecular flexibility index (Phi) is 2.35. The Bertz CT molecular complexity index is 582. The predicted octanol–water partition coefficient (Wildman–Crippen LogP) is 2.50. The number of benzene rings is 1. The molecule has 1 saturated heterocycles.